The van der Waals surface area contributed by atoms with E-state index in [-0.39, 0.29) is 23.3 Å². The van der Waals surface area contributed by atoms with Gasteiger partial charge in [-0.1, -0.05) is 24.3 Å². The number of amides is 1. The van der Waals surface area contributed by atoms with E-state index in [1.54, 1.807) is 18.2 Å². The molecule has 2 aromatic rings. The van der Waals surface area contributed by atoms with Gasteiger partial charge in [0, 0.05) is 31.2 Å². The summed E-state index contributed by atoms with van der Waals surface area (Å²) < 4.78 is 28.8. The number of carbonyl (C=O) groups is 1. The van der Waals surface area contributed by atoms with Gasteiger partial charge in [0.05, 0.1) is 4.90 Å². The maximum atomic E-state index is 13.0. The van der Waals surface area contributed by atoms with E-state index in [4.69, 9.17) is 0 Å². The number of carbonyl (C=O) groups excluding carboxylic acids is 1. The number of sulfonamides is 1. The maximum absolute atomic E-state index is 13.0. The first-order valence-corrected chi connectivity index (χ1v) is 12.7. The van der Waals surface area contributed by atoms with Gasteiger partial charge in [0.25, 0.3) is 0 Å². The van der Waals surface area contributed by atoms with Gasteiger partial charge in [-0.25, -0.2) is 13.1 Å². The molecule has 0 bridgehead atoms. The van der Waals surface area contributed by atoms with Crippen LogP contribution in [0, 0.1) is 5.92 Å². The number of nitrogens with zero attached hydrogens (tertiary/aromatic N) is 2. The minimum Gasteiger partial charge on any atom is -0.312 e. The number of benzene rings is 2. The van der Waals surface area contributed by atoms with Gasteiger partial charge in [0.1, 0.15) is 0 Å². The molecule has 31 heavy (non-hydrogen) atoms. The minimum atomic E-state index is -3.63. The number of likely N-dealkylation sites (tertiary alicyclic amines) is 1. The van der Waals surface area contributed by atoms with Crippen molar-refractivity contribution >= 4 is 21.6 Å². The number of rotatable bonds is 7. The Hall–Kier alpha value is -2.22. The molecule has 1 saturated heterocycles. The SMILES string of the molecule is O=C(C1CC1)N1CCc2cc(S(=O)(=O)NCc3ccccc3CN3CCCC3)ccc21. The van der Waals surface area contributed by atoms with Crippen molar-refractivity contribution in [3.05, 3.63) is 59.2 Å². The van der Waals surface area contributed by atoms with Gasteiger partial charge >= 0.3 is 0 Å². The first kappa shape index (κ1) is 20.7. The molecule has 164 valence electrons. The molecule has 2 fully saturated rings. The summed E-state index contributed by atoms with van der Waals surface area (Å²) in [4.78, 5) is 17.0. The number of hydrogen-bond acceptors (Lipinski definition) is 4. The molecule has 2 aliphatic heterocycles. The fraction of sp³-hybridized carbons (Fsp3) is 0.458. The predicted octanol–water partition coefficient (Wildman–Crippen LogP) is 3.06. The van der Waals surface area contributed by atoms with Gasteiger partial charge in [0.2, 0.25) is 15.9 Å². The Morgan fingerprint density at radius 1 is 1.00 bits per heavy atom. The molecule has 5 rings (SSSR count). The lowest BCUT2D eigenvalue weighted by Gasteiger charge is -2.18. The van der Waals surface area contributed by atoms with Crippen LogP contribution in [0.2, 0.25) is 0 Å². The minimum absolute atomic E-state index is 0.164. The number of nitrogens with one attached hydrogen (secondary N) is 1. The lowest BCUT2D eigenvalue weighted by atomic mass is 10.1. The smallest absolute Gasteiger partial charge is 0.240 e. The van der Waals surface area contributed by atoms with Gasteiger partial charge in [-0.05, 0) is 80.1 Å². The molecule has 2 heterocycles. The predicted molar refractivity (Wildman–Crippen MR) is 120 cm³/mol. The zero-order valence-electron chi connectivity index (χ0n) is 17.7. The van der Waals surface area contributed by atoms with Crippen LogP contribution in [0.25, 0.3) is 0 Å². The molecule has 0 atom stereocenters. The van der Waals surface area contributed by atoms with Crippen molar-refractivity contribution < 1.29 is 13.2 Å². The summed E-state index contributed by atoms with van der Waals surface area (Å²) in [6.45, 7) is 3.99. The third kappa shape index (κ3) is 4.40. The van der Waals surface area contributed by atoms with Crippen LogP contribution in [0.4, 0.5) is 5.69 Å². The molecule has 3 aliphatic rings. The first-order valence-electron chi connectivity index (χ1n) is 11.2. The zero-order chi connectivity index (χ0) is 21.4. The van der Waals surface area contributed by atoms with Crippen molar-refractivity contribution in [3.63, 3.8) is 0 Å². The van der Waals surface area contributed by atoms with Crippen molar-refractivity contribution in [2.24, 2.45) is 5.92 Å². The molecule has 2 aromatic carbocycles. The molecule has 0 aromatic heterocycles. The molecule has 0 radical (unpaired) electrons. The van der Waals surface area contributed by atoms with E-state index in [2.05, 4.69) is 15.7 Å². The van der Waals surface area contributed by atoms with Crippen LogP contribution < -0.4 is 9.62 Å². The van der Waals surface area contributed by atoms with Crippen LogP contribution >= 0.6 is 0 Å². The number of hydrogen-bond donors (Lipinski definition) is 1. The summed E-state index contributed by atoms with van der Waals surface area (Å²) in [6.07, 6.45) is 5.12. The van der Waals surface area contributed by atoms with E-state index in [1.807, 2.05) is 23.1 Å². The quantitative estimate of drug-likeness (QED) is 0.720. The van der Waals surface area contributed by atoms with Crippen LogP contribution in [0.1, 0.15) is 42.4 Å². The Labute approximate surface area is 184 Å². The Morgan fingerprint density at radius 2 is 1.74 bits per heavy atom. The molecule has 7 heteroatoms. The molecule has 1 saturated carbocycles. The largest absolute Gasteiger partial charge is 0.312 e. The van der Waals surface area contributed by atoms with E-state index >= 15 is 0 Å². The van der Waals surface area contributed by atoms with E-state index < -0.39 is 10.0 Å². The lowest BCUT2D eigenvalue weighted by molar-refractivity contribution is -0.119. The van der Waals surface area contributed by atoms with Crippen molar-refractivity contribution in [1.29, 1.82) is 0 Å². The normalized spacial score (nSPS) is 19.0. The van der Waals surface area contributed by atoms with Crippen LogP contribution in [0.3, 0.4) is 0 Å². The average Bonchev–Trinajstić information content (AvgIpc) is 3.33. The van der Waals surface area contributed by atoms with E-state index in [0.717, 1.165) is 49.3 Å². The van der Waals surface area contributed by atoms with Crippen molar-refractivity contribution in [1.82, 2.24) is 9.62 Å². The lowest BCUT2D eigenvalue weighted by Crippen LogP contribution is -2.30. The van der Waals surface area contributed by atoms with Crippen molar-refractivity contribution in [2.75, 3.05) is 24.5 Å². The Kier molecular flexibility index (Phi) is 5.58. The van der Waals surface area contributed by atoms with Gasteiger partial charge in [0.15, 0.2) is 0 Å². The Balaban J connectivity index is 1.29. The van der Waals surface area contributed by atoms with Crippen LogP contribution in [0.5, 0.6) is 0 Å². The molecule has 0 spiro atoms. The highest BCUT2D eigenvalue weighted by Gasteiger charge is 2.36. The Bertz CT molecular complexity index is 1090. The molecule has 6 nitrogen and oxygen atoms in total. The fourth-order valence-corrected chi connectivity index (χ4v) is 5.70. The van der Waals surface area contributed by atoms with Crippen molar-refractivity contribution in [2.45, 2.75) is 50.1 Å². The zero-order valence-corrected chi connectivity index (χ0v) is 18.5. The maximum Gasteiger partial charge on any atom is 0.240 e. The van der Waals surface area contributed by atoms with E-state index in [0.29, 0.717) is 13.0 Å². The highest BCUT2D eigenvalue weighted by atomic mass is 32.2. The topological polar surface area (TPSA) is 69.7 Å². The number of fused-ring (bicyclic) bond motifs is 1. The molecular formula is C24H29N3O3S. The summed E-state index contributed by atoms with van der Waals surface area (Å²) >= 11 is 0. The second kappa shape index (κ2) is 8.37. The molecule has 1 aliphatic carbocycles. The monoisotopic (exact) mass is 439 g/mol. The van der Waals surface area contributed by atoms with Crippen LogP contribution in [-0.4, -0.2) is 38.9 Å². The molecule has 1 amide bonds. The van der Waals surface area contributed by atoms with E-state index in [9.17, 15) is 13.2 Å². The summed E-state index contributed by atoms with van der Waals surface area (Å²) in [5.74, 6) is 0.346. The first-order chi connectivity index (χ1) is 15.0. The average molecular weight is 440 g/mol. The number of anilines is 1. The van der Waals surface area contributed by atoms with Gasteiger partial charge in [-0.2, -0.15) is 0 Å². The fourth-order valence-electron chi connectivity index (χ4n) is 4.65. The molecule has 1 N–H and O–H groups in total. The van der Waals surface area contributed by atoms with Gasteiger partial charge in [-0.15, -0.1) is 0 Å². The molecular weight excluding hydrogens is 410 g/mol. The summed E-state index contributed by atoms with van der Waals surface area (Å²) in [5, 5.41) is 0. The summed E-state index contributed by atoms with van der Waals surface area (Å²) in [5.41, 5.74) is 3.99. The van der Waals surface area contributed by atoms with Crippen LogP contribution in [-0.2, 0) is 34.3 Å². The van der Waals surface area contributed by atoms with Gasteiger partial charge < -0.3 is 4.90 Å². The second-order valence-electron chi connectivity index (χ2n) is 8.88. The third-order valence-electron chi connectivity index (χ3n) is 6.61. The highest BCUT2D eigenvalue weighted by molar-refractivity contribution is 7.89. The molecule has 0 unspecified atom stereocenters. The van der Waals surface area contributed by atoms with Crippen LogP contribution in [0.15, 0.2) is 47.4 Å². The van der Waals surface area contributed by atoms with Crippen molar-refractivity contribution in [3.8, 4) is 0 Å². The summed E-state index contributed by atoms with van der Waals surface area (Å²) in [6, 6.07) is 13.2. The third-order valence-corrected chi connectivity index (χ3v) is 8.01. The van der Waals surface area contributed by atoms with Gasteiger partial charge in [-0.3, -0.25) is 9.69 Å². The Morgan fingerprint density at radius 3 is 2.48 bits per heavy atom. The summed E-state index contributed by atoms with van der Waals surface area (Å²) in [7, 11) is -3.63. The standard InChI is InChI=1S/C24H29N3O3S/c28-24(18-7-8-18)27-14-11-19-15-22(9-10-23(19)27)31(29,30)25-16-20-5-1-2-6-21(20)17-26-12-3-4-13-26/h1-2,5-6,9-10,15,18,25H,3-4,7-8,11-14,16-17H2. The van der Waals surface area contributed by atoms with E-state index in [1.165, 1.54) is 18.4 Å². The second-order valence-corrected chi connectivity index (χ2v) is 10.6. The highest BCUT2D eigenvalue weighted by Crippen LogP contribution is 2.37.